The van der Waals surface area contributed by atoms with Crippen molar-refractivity contribution in [2.45, 2.75) is 51.2 Å². The van der Waals surface area contributed by atoms with Crippen LogP contribution >= 0.6 is 0 Å². The quantitative estimate of drug-likeness (QED) is 0.585. The highest BCUT2D eigenvalue weighted by Crippen LogP contribution is 2.10. The van der Waals surface area contributed by atoms with Crippen LogP contribution in [0.15, 0.2) is 0 Å². The monoisotopic (exact) mass is 186 g/mol. The Morgan fingerprint density at radius 2 is 2.23 bits per heavy atom. The summed E-state index contributed by atoms with van der Waals surface area (Å²) in [5.41, 5.74) is 0. The molecule has 0 spiro atoms. The first-order valence-corrected chi connectivity index (χ1v) is 5.32. The van der Waals surface area contributed by atoms with E-state index in [1.807, 2.05) is 6.92 Å². The Hall–Kier alpha value is -0.120. The Balaban J connectivity index is 2.12. The summed E-state index contributed by atoms with van der Waals surface area (Å²) in [6.07, 6.45) is 3.79. The van der Waals surface area contributed by atoms with Gasteiger partial charge in [-0.2, -0.15) is 0 Å². The molecule has 2 unspecified atom stereocenters. The highest BCUT2D eigenvalue weighted by Gasteiger charge is 2.17. The average molecular weight is 186 g/mol. The second kappa shape index (κ2) is 5.58. The third-order valence-corrected chi connectivity index (χ3v) is 2.64. The van der Waals surface area contributed by atoms with Crippen molar-refractivity contribution in [1.29, 1.82) is 0 Å². The molecule has 1 fully saturated rings. The lowest BCUT2D eigenvalue weighted by Gasteiger charge is -2.21. The van der Waals surface area contributed by atoms with Crippen molar-refractivity contribution in [3.63, 3.8) is 0 Å². The van der Waals surface area contributed by atoms with Crippen molar-refractivity contribution in [2.24, 2.45) is 0 Å². The molecule has 13 heavy (non-hydrogen) atoms. The van der Waals surface area contributed by atoms with E-state index in [2.05, 4.69) is 17.6 Å². The Kier molecular flexibility index (Phi) is 4.70. The van der Waals surface area contributed by atoms with Crippen molar-refractivity contribution in [2.75, 3.05) is 13.2 Å². The summed E-state index contributed by atoms with van der Waals surface area (Å²) in [4.78, 5) is 0. The van der Waals surface area contributed by atoms with Gasteiger partial charge in [-0.3, -0.25) is 0 Å². The molecule has 0 aromatic carbocycles. The lowest BCUT2D eigenvalue weighted by atomic mass is 10.1. The van der Waals surface area contributed by atoms with Crippen molar-refractivity contribution < 1.29 is 5.11 Å². The van der Waals surface area contributed by atoms with E-state index in [1.165, 1.54) is 25.8 Å². The highest BCUT2D eigenvalue weighted by molar-refractivity contribution is 4.79. The third-order valence-electron chi connectivity index (χ3n) is 2.64. The van der Waals surface area contributed by atoms with E-state index in [0.29, 0.717) is 12.1 Å². The molecule has 78 valence electrons. The molecule has 0 amide bonds. The molecule has 0 saturated carbocycles. The lowest BCUT2D eigenvalue weighted by molar-refractivity contribution is 0.238. The molecule has 3 heteroatoms. The second-order valence-electron chi connectivity index (χ2n) is 4.18. The maximum atomic E-state index is 8.87. The van der Waals surface area contributed by atoms with E-state index in [9.17, 15) is 0 Å². The van der Waals surface area contributed by atoms with Gasteiger partial charge < -0.3 is 15.7 Å². The first-order valence-electron chi connectivity index (χ1n) is 5.32. The molecule has 1 heterocycles. The van der Waals surface area contributed by atoms with Crippen LogP contribution in [0.3, 0.4) is 0 Å². The van der Waals surface area contributed by atoms with Gasteiger partial charge in [0.1, 0.15) is 0 Å². The van der Waals surface area contributed by atoms with Gasteiger partial charge in [0.2, 0.25) is 0 Å². The lowest BCUT2D eigenvalue weighted by Crippen LogP contribution is -2.40. The summed E-state index contributed by atoms with van der Waals surface area (Å²) in [7, 11) is 0. The van der Waals surface area contributed by atoms with Crippen LogP contribution in [-0.2, 0) is 0 Å². The summed E-state index contributed by atoms with van der Waals surface area (Å²) in [5.74, 6) is 0. The Morgan fingerprint density at radius 3 is 2.77 bits per heavy atom. The minimum absolute atomic E-state index is 0.219. The minimum Gasteiger partial charge on any atom is -0.395 e. The van der Waals surface area contributed by atoms with E-state index >= 15 is 0 Å². The van der Waals surface area contributed by atoms with E-state index in [-0.39, 0.29) is 12.6 Å². The van der Waals surface area contributed by atoms with Crippen LogP contribution in [0.5, 0.6) is 0 Å². The van der Waals surface area contributed by atoms with Gasteiger partial charge in [0.15, 0.2) is 0 Å². The molecule has 3 N–H and O–H groups in total. The summed E-state index contributed by atoms with van der Waals surface area (Å²) >= 11 is 0. The van der Waals surface area contributed by atoms with E-state index < -0.39 is 0 Å². The molecule has 1 saturated heterocycles. The SMILES string of the molecule is CC(CC1CCCN1)N[C@H](C)CO. The largest absolute Gasteiger partial charge is 0.395 e. The first-order chi connectivity index (χ1) is 6.22. The number of aliphatic hydroxyl groups is 1. The van der Waals surface area contributed by atoms with Crippen LogP contribution in [0.25, 0.3) is 0 Å². The highest BCUT2D eigenvalue weighted by atomic mass is 16.3. The van der Waals surface area contributed by atoms with Crippen LogP contribution < -0.4 is 10.6 Å². The van der Waals surface area contributed by atoms with Crippen LogP contribution in [-0.4, -0.2) is 36.4 Å². The minimum atomic E-state index is 0.219. The summed E-state index contributed by atoms with van der Waals surface area (Å²) in [6.45, 7) is 5.60. The first kappa shape index (κ1) is 11.0. The topological polar surface area (TPSA) is 44.3 Å². The zero-order chi connectivity index (χ0) is 9.68. The van der Waals surface area contributed by atoms with Gasteiger partial charge in [-0.1, -0.05) is 0 Å². The fourth-order valence-corrected chi connectivity index (χ4v) is 1.99. The fourth-order valence-electron chi connectivity index (χ4n) is 1.99. The van der Waals surface area contributed by atoms with Gasteiger partial charge >= 0.3 is 0 Å². The maximum Gasteiger partial charge on any atom is 0.0582 e. The number of aliphatic hydroxyl groups excluding tert-OH is 1. The van der Waals surface area contributed by atoms with Gasteiger partial charge in [-0.15, -0.1) is 0 Å². The predicted molar refractivity (Wildman–Crippen MR) is 54.8 cm³/mol. The van der Waals surface area contributed by atoms with E-state index in [1.54, 1.807) is 0 Å². The van der Waals surface area contributed by atoms with Gasteiger partial charge in [0.05, 0.1) is 6.61 Å². The van der Waals surface area contributed by atoms with E-state index in [0.717, 1.165) is 0 Å². The number of nitrogens with one attached hydrogen (secondary N) is 2. The van der Waals surface area contributed by atoms with Crippen LogP contribution in [0.4, 0.5) is 0 Å². The molecule has 0 bridgehead atoms. The maximum absolute atomic E-state index is 8.87. The average Bonchev–Trinajstić information content (AvgIpc) is 2.56. The van der Waals surface area contributed by atoms with Crippen molar-refractivity contribution in [3.8, 4) is 0 Å². The zero-order valence-corrected chi connectivity index (χ0v) is 8.71. The van der Waals surface area contributed by atoms with Gasteiger partial charge in [-0.25, -0.2) is 0 Å². The van der Waals surface area contributed by atoms with Crippen molar-refractivity contribution in [1.82, 2.24) is 10.6 Å². The Labute approximate surface area is 80.9 Å². The molecule has 1 aliphatic heterocycles. The smallest absolute Gasteiger partial charge is 0.0582 e. The number of hydrogen-bond donors (Lipinski definition) is 3. The number of hydrogen-bond acceptors (Lipinski definition) is 3. The van der Waals surface area contributed by atoms with Gasteiger partial charge in [0.25, 0.3) is 0 Å². The van der Waals surface area contributed by atoms with Crippen molar-refractivity contribution >= 4 is 0 Å². The second-order valence-corrected chi connectivity index (χ2v) is 4.18. The van der Waals surface area contributed by atoms with E-state index in [4.69, 9.17) is 5.11 Å². The molecule has 0 aromatic rings. The fraction of sp³-hybridized carbons (Fsp3) is 1.00. The van der Waals surface area contributed by atoms with Crippen LogP contribution in [0, 0.1) is 0 Å². The summed E-state index contributed by atoms with van der Waals surface area (Å²) in [6, 6.07) is 1.41. The normalized spacial score (nSPS) is 27.5. The molecule has 1 aliphatic rings. The molecule has 3 nitrogen and oxygen atoms in total. The van der Waals surface area contributed by atoms with Crippen molar-refractivity contribution in [3.05, 3.63) is 0 Å². The van der Waals surface area contributed by atoms with Gasteiger partial charge in [-0.05, 0) is 39.7 Å². The summed E-state index contributed by atoms with van der Waals surface area (Å²) < 4.78 is 0. The predicted octanol–water partition coefficient (Wildman–Crippen LogP) is 0.487. The molecule has 0 aliphatic carbocycles. The van der Waals surface area contributed by atoms with Gasteiger partial charge in [0, 0.05) is 18.1 Å². The molecular formula is C10H22N2O. The Morgan fingerprint density at radius 1 is 1.46 bits per heavy atom. The number of rotatable bonds is 5. The van der Waals surface area contributed by atoms with Crippen LogP contribution in [0.1, 0.15) is 33.1 Å². The third kappa shape index (κ3) is 4.07. The molecular weight excluding hydrogens is 164 g/mol. The standard InChI is InChI=1S/C10H22N2O/c1-8(12-9(2)7-13)6-10-4-3-5-11-10/h8-13H,3-7H2,1-2H3/t8?,9-,10?/m1/s1. The van der Waals surface area contributed by atoms with Crippen LogP contribution in [0.2, 0.25) is 0 Å². The molecule has 1 rings (SSSR count). The molecule has 3 atom stereocenters. The summed E-state index contributed by atoms with van der Waals surface area (Å²) in [5, 5.41) is 15.7. The molecule has 0 radical (unpaired) electrons. The Bertz CT molecular complexity index is 135. The zero-order valence-electron chi connectivity index (χ0n) is 8.71. The molecule has 0 aromatic heterocycles.